The summed E-state index contributed by atoms with van der Waals surface area (Å²) in [5, 5.41) is 40.2. The zero-order chi connectivity index (χ0) is 28.6. The fourth-order valence-corrected chi connectivity index (χ4v) is 5.35. The lowest BCUT2D eigenvalue weighted by Crippen LogP contribution is -2.53. The number of benzene rings is 2. The molecule has 3 N–H and O–H groups in total. The minimum atomic E-state index is -1.13. The third-order valence-electron chi connectivity index (χ3n) is 7.72. The quantitative estimate of drug-likeness (QED) is 0.135. The zero-order valence-corrected chi connectivity index (χ0v) is 24.5. The van der Waals surface area contributed by atoms with Crippen LogP contribution < -0.4 is 5.11 Å². The molecule has 0 spiro atoms. The Labute approximate surface area is 237 Å². The molecule has 0 radical (unpaired) electrons. The van der Waals surface area contributed by atoms with E-state index < -0.39 is 5.97 Å². The van der Waals surface area contributed by atoms with Crippen LogP contribution in [0.2, 0.25) is 0 Å². The number of carbonyl (C=O) groups excluding carboxylic acids is 1. The van der Waals surface area contributed by atoms with E-state index in [1.807, 2.05) is 24.3 Å². The van der Waals surface area contributed by atoms with Crippen molar-refractivity contribution in [3.05, 3.63) is 48.0 Å². The lowest BCUT2D eigenvalue weighted by atomic mass is 10.0. The fourth-order valence-electron chi connectivity index (χ4n) is 5.35. The molecule has 0 aliphatic heterocycles. The standard InChI is InChI=1S/C22H48NO3.C11H8O2/c1-2-3-4-5-6-7-8-9-10-11-12-13-14-15-16-23(17-20-24,18-21-25)19-22-26;12-11(13)10-7-3-5-8-4-1-2-6-9(8)10/h24-26H,2-22H2,1H3;1-7H,(H,12,13)/q+1;/p-1. The minimum absolute atomic E-state index is 0.124. The molecule has 39 heavy (non-hydrogen) atoms. The van der Waals surface area contributed by atoms with Gasteiger partial charge in [-0.3, -0.25) is 0 Å². The zero-order valence-electron chi connectivity index (χ0n) is 24.5. The van der Waals surface area contributed by atoms with Gasteiger partial charge in [0.1, 0.15) is 19.6 Å². The maximum absolute atomic E-state index is 10.7. The third kappa shape index (κ3) is 15.4. The number of aliphatic hydroxyl groups is 3. The second-order valence-electron chi connectivity index (χ2n) is 10.8. The van der Waals surface area contributed by atoms with E-state index in [1.165, 1.54) is 83.5 Å². The van der Waals surface area contributed by atoms with Gasteiger partial charge in [0.25, 0.3) is 0 Å². The number of nitrogens with zero attached hydrogens (tertiary/aromatic N) is 1. The van der Waals surface area contributed by atoms with Gasteiger partial charge in [0.15, 0.2) is 0 Å². The molecule has 6 nitrogen and oxygen atoms in total. The largest absolute Gasteiger partial charge is 0.545 e. The van der Waals surface area contributed by atoms with Crippen LogP contribution in [-0.4, -0.2) is 71.8 Å². The number of aliphatic hydroxyl groups excluding tert-OH is 3. The van der Waals surface area contributed by atoms with Crippen LogP contribution in [0.4, 0.5) is 0 Å². The monoisotopic (exact) mass is 545 g/mol. The van der Waals surface area contributed by atoms with E-state index in [9.17, 15) is 25.2 Å². The Balaban J connectivity index is 0.000000480. The van der Waals surface area contributed by atoms with Crippen molar-refractivity contribution in [2.24, 2.45) is 0 Å². The molecule has 0 unspecified atom stereocenters. The Kier molecular flexibility index (Phi) is 20.5. The first-order valence-corrected chi connectivity index (χ1v) is 15.4. The van der Waals surface area contributed by atoms with Crippen LogP contribution in [0.1, 0.15) is 107 Å². The molecule has 2 rings (SSSR count). The van der Waals surface area contributed by atoms with Gasteiger partial charge in [-0.2, -0.15) is 0 Å². The summed E-state index contributed by atoms with van der Waals surface area (Å²) in [5.41, 5.74) is 0.248. The van der Waals surface area contributed by atoms with Crippen molar-refractivity contribution in [1.29, 1.82) is 0 Å². The molecule has 6 heteroatoms. The number of quaternary nitrogens is 1. The molecular formula is C33H55NO5. The number of hydrogen-bond donors (Lipinski definition) is 3. The van der Waals surface area contributed by atoms with Gasteiger partial charge in [-0.15, -0.1) is 0 Å². The van der Waals surface area contributed by atoms with Gasteiger partial charge in [-0.1, -0.05) is 126 Å². The van der Waals surface area contributed by atoms with E-state index in [4.69, 9.17) is 0 Å². The van der Waals surface area contributed by atoms with Gasteiger partial charge in [-0.25, -0.2) is 0 Å². The summed E-state index contributed by atoms with van der Waals surface area (Å²) in [7, 11) is 0. The molecule has 0 aliphatic carbocycles. The van der Waals surface area contributed by atoms with Crippen molar-refractivity contribution in [3.8, 4) is 0 Å². The predicted octanol–water partition coefficient (Wildman–Crippen LogP) is 5.46. The van der Waals surface area contributed by atoms with Crippen LogP contribution in [0.5, 0.6) is 0 Å². The van der Waals surface area contributed by atoms with Crippen LogP contribution in [0.25, 0.3) is 10.8 Å². The van der Waals surface area contributed by atoms with E-state index >= 15 is 0 Å². The van der Waals surface area contributed by atoms with Gasteiger partial charge in [0, 0.05) is 5.56 Å². The smallest absolute Gasteiger partial charge is 0.102 e. The number of aromatic carboxylic acids is 1. The van der Waals surface area contributed by atoms with E-state index in [1.54, 1.807) is 18.2 Å². The molecule has 0 saturated carbocycles. The number of carboxylic acid groups (broad SMARTS) is 1. The summed E-state index contributed by atoms with van der Waals surface area (Å²) < 4.78 is 0.655. The first-order chi connectivity index (χ1) is 19.0. The van der Waals surface area contributed by atoms with Gasteiger partial charge in [0.2, 0.25) is 0 Å². The van der Waals surface area contributed by atoms with Crippen molar-refractivity contribution in [2.45, 2.75) is 96.8 Å². The average Bonchev–Trinajstić information content (AvgIpc) is 2.93. The first-order valence-electron chi connectivity index (χ1n) is 15.4. The van der Waals surface area contributed by atoms with Crippen LogP contribution in [0, 0.1) is 0 Å². The molecule has 0 atom stereocenters. The third-order valence-corrected chi connectivity index (χ3v) is 7.72. The number of hydrogen-bond acceptors (Lipinski definition) is 5. The highest BCUT2D eigenvalue weighted by molar-refractivity contribution is 6.02. The predicted molar refractivity (Wildman–Crippen MR) is 160 cm³/mol. The molecule has 0 amide bonds. The fraction of sp³-hybridized carbons (Fsp3) is 0.667. The van der Waals surface area contributed by atoms with Crippen molar-refractivity contribution in [3.63, 3.8) is 0 Å². The average molecular weight is 546 g/mol. The van der Waals surface area contributed by atoms with E-state index in [0.29, 0.717) is 24.1 Å². The number of rotatable bonds is 22. The lowest BCUT2D eigenvalue weighted by molar-refractivity contribution is -0.929. The van der Waals surface area contributed by atoms with Crippen LogP contribution >= 0.6 is 0 Å². The minimum Gasteiger partial charge on any atom is -0.545 e. The molecule has 2 aromatic carbocycles. The summed E-state index contributed by atoms with van der Waals surface area (Å²) in [6, 6.07) is 12.5. The van der Waals surface area contributed by atoms with Crippen molar-refractivity contribution in [2.75, 3.05) is 46.0 Å². The molecular weight excluding hydrogens is 490 g/mol. The summed E-state index contributed by atoms with van der Waals surface area (Å²) in [6.45, 7) is 5.52. The Bertz CT molecular complexity index is 850. The molecule has 0 bridgehead atoms. The van der Waals surface area contributed by atoms with Crippen LogP contribution in [0.3, 0.4) is 0 Å². The molecule has 0 heterocycles. The molecule has 0 fully saturated rings. The van der Waals surface area contributed by atoms with Crippen LogP contribution in [-0.2, 0) is 0 Å². The van der Waals surface area contributed by atoms with Crippen molar-refractivity contribution >= 4 is 16.7 Å². The van der Waals surface area contributed by atoms with E-state index in [0.717, 1.165) is 23.7 Å². The van der Waals surface area contributed by atoms with Gasteiger partial charge in [-0.05, 0) is 23.6 Å². The summed E-state index contributed by atoms with van der Waals surface area (Å²) in [6.07, 6.45) is 19.0. The molecule has 0 aromatic heterocycles. The van der Waals surface area contributed by atoms with Crippen molar-refractivity contribution < 1.29 is 29.7 Å². The molecule has 0 aliphatic rings. The highest BCUT2D eigenvalue weighted by Gasteiger charge is 2.25. The second kappa shape index (κ2) is 22.8. The Morgan fingerprint density at radius 1 is 0.615 bits per heavy atom. The lowest BCUT2D eigenvalue weighted by Gasteiger charge is -2.37. The molecule has 0 saturated heterocycles. The number of carboxylic acids is 1. The maximum atomic E-state index is 10.7. The highest BCUT2D eigenvalue weighted by atomic mass is 16.4. The van der Waals surface area contributed by atoms with Crippen molar-refractivity contribution in [1.82, 2.24) is 0 Å². The Morgan fingerprint density at radius 3 is 1.51 bits per heavy atom. The summed E-state index contributed by atoms with van der Waals surface area (Å²) in [5.74, 6) is -1.13. The Hall–Kier alpha value is -1.99. The van der Waals surface area contributed by atoms with Gasteiger partial charge >= 0.3 is 0 Å². The second-order valence-corrected chi connectivity index (χ2v) is 10.8. The highest BCUT2D eigenvalue weighted by Crippen LogP contribution is 2.17. The van der Waals surface area contributed by atoms with Crippen LogP contribution in [0.15, 0.2) is 42.5 Å². The topological polar surface area (TPSA) is 101 Å². The number of carbonyl (C=O) groups is 1. The first kappa shape index (κ1) is 35.0. The maximum Gasteiger partial charge on any atom is 0.102 e. The van der Waals surface area contributed by atoms with Gasteiger partial charge in [0.05, 0.1) is 32.3 Å². The summed E-state index contributed by atoms with van der Waals surface area (Å²) >= 11 is 0. The molecule has 2 aromatic rings. The number of unbranched alkanes of at least 4 members (excludes halogenated alkanes) is 13. The normalized spacial score (nSPS) is 11.4. The summed E-state index contributed by atoms with van der Waals surface area (Å²) in [4.78, 5) is 10.7. The van der Waals surface area contributed by atoms with Gasteiger partial charge < -0.3 is 29.7 Å². The Morgan fingerprint density at radius 2 is 1.05 bits per heavy atom. The number of fused-ring (bicyclic) bond motifs is 1. The van der Waals surface area contributed by atoms with E-state index in [2.05, 4.69) is 6.92 Å². The van der Waals surface area contributed by atoms with E-state index in [-0.39, 0.29) is 25.4 Å². The molecule has 222 valence electrons. The SMILES string of the molecule is CCCCCCCCCCCCCCCC[N+](CCO)(CCO)CCO.O=C([O-])c1cccc2ccccc12.